The molecule has 1 fully saturated rings. The second kappa shape index (κ2) is 16.3. The van der Waals surface area contributed by atoms with Crippen molar-refractivity contribution in [3.63, 3.8) is 0 Å². The summed E-state index contributed by atoms with van der Waals surface area (Å²) >= 11 is 0. The van der Waals surface area contributed by atoms with Gasteiger partial charge in [0.25, 0.3) is 0 Å². The number of ether oxygens (including phenoxy) is 3. The fraction of sp³-hybridized carbons (Fsp3) is 0.594. The molecule has 0 atom stereocenters. The van der Waals surface area contributed by atoms with Crippen molar-refractivity contribution < 1.29 is 19.0 Å². The molecule has 0 spiro atoms. The predicted octanol–water partition coefficient (Wildman–Crippen LogP) is 9.02. The van der Waals surface area contributed by atoms with E-state index in [1.165, 1.54) is 64.2 Å². The van der Waals surface area contributed by atoms with Gasteiger partial charge in [0.15, 0.2) is 0 Å². The summed E-state index contributed by atoms with van der Waals surface area (Å²) in [4.78, 5) is 12.5. The van der Waals surface area contributed by atoms with Crippen molar-refractivity contribution in [3.05, 3.63) is 54.1 Å². The van der Waals surface area contributed by atoms with E-state index in [2.05, 4.69) is 13.8 Å². The van der Waals surface area contributed by atoms with Gasteiger partial charge < -0.3 is 14.2 Å². The Morgan fingerprint density at radius 2 is 1.11 bits per heavy atom. The third kappa shape index (κ3) is 10.2. The molecule has 1 saturated carbocycles. The molecular formula is C32H46O4. The lowest BCUT2D eigenvalue weighted by Crippen LogP contribution is -2.15. The molecule has 0 unspecified atom stereocenters. The third-order valence-electron chi connectivity index (χ3n) is 7.35. The zero-order valence-corrected chi connectivity index (χ0v) is 22.5. The molecule has 1 aliphatic carbocycles. The van der Waals surface area contributed by atoms with Gasteiger partial charge in [-0.3, -0.25) is 0 Å². The number of carbonyl (C=O) groups excluding carboxylic acids is 1. The van der Waals surface area contributed by atoms with Gasteiger partial charge in [0, 0.05) is 0 Å². The lowest BCUT2D eigenvalue weighted by molar-refractivity contribution is 0.0734. The summed E-state index contributed by atoms with van der Waals surface area (Å²) in [5.41, 5.74) is 0.506. The summed E-state index contributed by atoms with van der Waals surface area (Å²) in [5.74, 6) is 3.59. The number of hydrogen-bond acceptors (Lipinski definition) is 4. The van der Waals surface area contributed by atoms with Crippen molar-refractivity contribution in [2.75, 3.05) is 13.2 Å². The fourth-order valence-electron chi connectivity index (χ4n) is 5.05. The molecule has 4 nitrogen and oxygen atoms in total. The van der Waals surface area contributed by atoms with Crippen LogP contribution in [0.3, 0.4) is 0 Å². The molecule has 36 heavy (non-hydrogen) atoms. The summed E-state index contributed by atoms with van der Waals surface area (Å²) < 4.78 is 17.2. The first-order valence-corrected chi connectivity index (χ1v) is 14.4. The molecule has 198 valence electrons. The van der Waals surface area contributed by atoms with Crippen molar-refractivity contribution in [2.24, 2.45) is 11.8 Å². The van der Waals surface area contributed by atoms with Crippen LogP contribution in [0.25, 0.3) is 0 Å². The first-order chi connectivity index (χ1) is 17.7. The molecule has 2 aromatic carbocycles. The lowest BCUT2D eigenvalue weighted by Gasteiger charge is -2.28. The standard InChI is InChI=1S/C32H46O4/c1-3-5-7-10-26-12-14-27(15-13-26)11-9-25-35-30-20-22-31(23-21-30)36-32(33)28-16-18-29(19-17-28)34-24-8-6-4-2/h16-23,26-27H,3-15,24-25H2,1-2H3/t26-,27-. The quantitative estimate of drug-likeness (QED) is 0.133. The number of hydrogen-bond donors (Lipinski definition) is 0. The Morgan fingerprint density at radius 3 is 1.69 bits per heavy atom. The van der Waals surface area contributed by atoms with Gasteiger partial charge in [0.05, 0.1) is 18.8 Å². The van der Waals surface area contributed by atoms with E-state index in [0.717, 1.165) is 49.2 Å². The number of unbranched alkanes of at least 4 members (excludes halogenated alkanes) is 4. The van der Waals surface area contributed by atoms with Crippen LogP contribution >= 0.6 is 0 Å². The zero-order chi connectivity index (χ0) is 25.4. The maximum absolute atomic E-state index is 12.5. The second-order valence-electron chi connectivity index (χ2n) is 10.3. The van der Waals surface area contributed by atoms with Gasteiger partial charge in [-0.05, 0) is 79.6 Å². The Balaban J connectivity index is 1.30. The van der Waals surface area contributed by atoms with Gasteiger partial charge in [-0.1, -0.05) is 78.1 Å². The smallest absolute Gasteiger partial charge is 0.343 e. The molecule has 0 aliphatic heterocycles. The van der Waals surface area contributed by atoms with Crippen LogP contribution in [-0.4, -0.2) is 19.2 Å². The van der Waals surface area contributed by atoms with Crippen molar-refractivity contribution >= 4 is 5.97 Å². The highest BCUT2D eigenvalue weighted by atomic mass is 16.5. The molecule has 0 amide bonds. The summed E-state index contributed by atoms with van der Waals surface area (Å²) in [7, 11) is 0. The lowest BCUT2D eigenvalue weighted by atomic mass is 9.78. The number of carbonyl (C=O) groups is 1. The average Bonchev–Trinajstić information content (AvgIpc) is 2.91. The molecule has 0 bridgehead atoms. The SMILES string of the molecule is CCCCCOc1ccc(C(=O)Oc2ccc(OCCC[C@H]3CC[C@H](CCCCC)CC3)cc2)cc1. The van der Waals surface area contributed by atoms with Crippen LogP contribution in [0, 0.1) is 11.8 Å². The van der Waals surface area contributed by atoms with E-state index in [0.29, 0.717) is 17.9 Å². The molecule has 0 aromatic heterocycles. The molecule has 3 rings (SSSR count). The Kier molecular flexibility index (Phi) is 12.7. The van der Waals surface area contributed by atoms with E-state index in [1.807, 2.05) is 24.3 Å². The van der Waals surface area contributed by atoms with Crippen LogP contribution in [0.4, 0.5) is 0 Å². The Labute approximate surface area is 218 Å². The van der Waals surface area contributed by atoms with Gasteiger partial charge in [0.1, 0.15) is 17.2 Å². The molecule has 1 aliphatic rings. The Morgan fingerprint density at radius 1 is 0.639 bits per heavy atom. The summed E-state index contributed by atoms with van der Waals surface area (Å²) in [5, 5.41) is 0. The Bertz CT molecular complexity index is 851. The number of rotatable bonds is 16. The van der Waals surface area contributed by atoms with E-state index in [-0.39, 0.29) is 5.97 Å². The van der Waals surface area contributed by atoms with Crippen LogP contribution in [0.2, 0.25) is 0 Å². The highest BCUT2D eigenvalue weighted by Crippen LogP contribution is 2.34. The van der Waals surface area contributed by atoms with E-state index in [9.17, 15) is 4.79 Å². The molecule has 0 saturated heterocycles. The first-order valence-electron chi connectivity index (χ1n) is 14.4. The van der Waals surface area contributed by atoms with Crippen LogP contribution in [0.1, 0.15) is 108 Å². The fourth-order valence-corrected chi connectivity index (χ4v) is 5.05. The van der Waals surface area contributed by atoms with Crippen molar-refractivity contribution in [1.82, 2.24) is 0 Å². The van der Waals surface area contributed by atoms with Crippen molar-refractivity contribution in [2.45, 2.75) is 97.3 Å². The largest absolute Gasteiger partial charge is 0.494 e. The maximum Gasteiger partial charge on any atom is 0.343 e. The van der Waals surface area contributed by atoms with Crippen molar-refractivity contribution in [3.8, 4) is 17.2 Å². The van der Waals surface area contributed by atoms with E-state index in [1.54, 1.807) is 24.3 Å². The van der Waals surface area contributed by atoms with E-state index >= 15 is 0 Å². The highest BCUT2D eigenvalue weighted by Gasteiger charge is 2.20. The predicted molar refractivity (Wildman–Crippen MR) is 147 cm³/mol. The molecule has 0 radical (unpaired) electrons. The zero-order valence-electron chi connectivity index (χ0n) is 22.5. The highest BCUT2D eigenvalue weighted by molar-refractivity contribution is 5.91. The van der Waals surface area contributed by atoms with Crippen LogP contribution < -0.4 is 14.2 Å². The van der Waals surface area contributed by atoms with Gasteiger partial charge in [0.2, 0.25) is 0 Å². The van der Waals surface area contributed by atoms with E-state index < -0.39 is 0 Å². The van der Waals surface area contributed by atoms with E-state index in [4.69, 9.17) is 14.2 Å². The average molecular weight is 495 g/mol. The first kappa shape index (κ1) is 28.1. The minimum atomic E-state index is -0.374. The molecule has 0 heterocycles. The normalized spacial score (nSPS) is 17.5. The van der Waals surface area contributed by atoms with Crippen LogP contribution in [0.5, 0.6) is 17.2 Å². The molecular weight excluding hydrogens is 448 g/mol. The van der Waals surface area contributed by atoms with Crippen LogP contribution in [-0.2, 0) is 0 Å². The van der Waals surface area contributed by atoms with Gasteiger partial charge in [-0.25, -0.2) is 4.79 Å². The topological polar surface area (TPSA) is 44.8 Å². The molecule has 0 N–H and O–H groups in total. The third-order valence-corrected chi connectivity index (χ3v) is 7.35. The summed E-state index contributed by atoms with van der Waals surface area (Å²) in [6, 6.07) is 14.4. The number of benzene rings is 2. The molecule has 4 heteroatoms. The minimum absolute atomic E-state index is 0.374. The minimum Gasteiger partial charge on any atom is -0.494 e. The monoisotopic (exact) mass is 494 g/mol. The van der Waals surface area contributed by atoms with Gasteiger partial charge in [-0.2, -0.15) is 0 Å². The molecule has 2 aromatic rings. The Hall–Kier alpha value is -2.49. The second-order valence-corrected chi connectivity index (χ2v) is 10.3. The van der Waals surface area contributed by atoms with Gasteiger partial charge >= 0.3 is 5.97 Å². The van der Waals surface area contributed by atoms with Crippen LogP contribution in [0.15, 0.2) is 48.5 Å². The maximum atomic E-state index is 12.5. The summed E-state index contributed by atoms with van der Waals surface area (Å²) in [6.07, 6.45) is 16.9. The van der Waals surface area contributed by atoms with Gasteiger partial charge in [-0.15, -0.1) is 0 Å². The number of esters is 1. The summed E-state index contributed by atoms with van der Waals surface area (Å²) in [6.45, 7) is 5.90. The van der Waals surface area contributed by atoms with Crippen molar-refractivity contribution in [1.29, 1.82) is 0 Å².